The molecular formula is C15H18F3N3OS. The van der Waals surface area contributed by atoms with E-state index in [1.165, 1.54) is 22.7 Å². The number of halogens is 3. The monoisotopic (exact) mass is 345 g/mol. The fourth-order valence-corrected chi connectivity index (χ4v) is 2.44. The lowest BCUT2D eigenvalue weighted by molar-refractivity contribution is -0.137. The second-order valence-electron chi connectivity index (χ2n) is 5.34. The molecule has 0 saturated carbocycles. The molecule has 1 aliphatic rings. The lowest BCUT2D eigenvalue weighted by atomic mass is 9.97. The number of pyridine rings is 1. The van der Waals surface area contributed by atoms with Crippen LogP contribution in [0.3, 0.4) is 0 Å². The van der Waals surface area contributed by atoms with Gasteiger partial charge in [-0.15, -0.1) is 0 Å². The first-order valence-electron chi connectivity index (χ1n) is 7.35. The highest BCUT2D eigenvalue weighted by Gasteiger charge is 2.30. The molecule has 126 valence electrons. The van der Waals surface area contributed by atoms with Crippen LogP contribution in [0, 0.1) is 0 Å². The Kier molecular flexibility index (Phi) is 5.92. The van der Waals surface area contributed by atoms with Crippen molar-refractivity contribution >= 4 is 24.7 Å². The topological polar surface area (TPSA) is 45.2 Å². The number of hydrogen-bond donors (Lipinski definition) is 2. The average Bonchev–Trinajstić information content (AvgIpc) is 2.53. The molecule has 0 spiro atoms. The number of alkyl halides is 3. The summed E-state index contributed by atoms with van der Waals surface area (Å²) in [5.41, 5.74) is 0.457. The molecular weight excluding hydrogens is 327 g/mol. The minimum Gasteiger partial charge on any atom is -0.291 e. The Morgan fingerprint density at radius 3 is 2.70 bits per heavy atom. The molecule has 8 heteroatoms. The van der Waals surface area contributed by atoms with E-state index < -0.39 is 17.8 Å². The van der Waals surface area contributed by atoms with Gasteiger partial charge < -0.3 is 0 Å². The molecule has 1 heterocycles. The quantitative estimate of drug-likeness (QED) is 0.615. The molecule has 2 rings (SSSR count). The van der Waals surface area contributed by atoms with Crippen LogP contribution in [0.15, 0.2) is 30.0 Å². The number of anilines is 1. The van der Waals surface area contributed by atoms with E-state index in [2.05, 4.69) is 29.2 Å². The van der Waals surface area contributed by atoms with E-state index in [1.54, 1.807) is 0 Å². The van der Waals surface area contributed by atoms with Gasteiger partial charge in [0.15, 0.2) is 0 Å². The second kappa shape index (κ2) is 7.72. The molecule has 0 atom stereocenters. The smallest absolute Gasteiger partial charge is 0.291 e. The number of amides is 2. The summed E-state index contributed by atoms with van der Waals surface area (Å²) in [7, 11) is 0. The summed E-state index contributed by atoms with van der Waals surface area (Å²) in [5.74, 6) is 0.0546. The van der Waals surface area contributed by atoms with Crippen molar-refractivity contribution in [3.8, 4) is 0 Å². The van der Waals surface area contributed by atoms with Crippen LogP contribution in [0.4, 0.5) is 23.8 Å². The van der Waals surface area contributed by atoms with Crippen molar-refractivity contribution in [3.05, 3.63) is 35.5 Å². The van der Waals surface area contributed by atoms with E-state index in [9.17, 15) is 18.0 Å². The van der Waals surface area contributed by atoms with Gasteiger partial charge in [-0.25, -0.2) is 9.78 Å². The number of hydrogen-bond acceptors (Lipinski definition) is 3. The van der Waals surface area contributed by atoms with Crippen LogP contribution < -0.4 is 5.32 Å². The maximum Gasteiger partial charge on any atom is 0.417 e. The van der Waals surface area contributed by atoms with Gasteiger partial charge in [0.2, 0.25) is 0 Å². The summed E-state index contributed by atoms with van der Waals surface area (Å²) in [6, 6.07) is 1.47. The number of carbonyl (C=O) groups excluding carboxylic acids is 1. The second-order valence-corrected chi connectivity index (χ2v) is 5.82. The summed E-state index contributed by atoms with van der Waals surface area (Å²) in [6.45, 7) is 0.432. The summed E-state index contributed by atoms with van der Waals surface area (Å²) in [4.78, 5) is 15.5. The minimum atomic E-state index is -4.45. The van der Waals surface area contributed by atoms with Gasteiger partial charge in [-0.05, 0) is 44.2 Å². The van der Waals surface area contributed by atoms with Gasteiger partial charge in [0.05, 0.1) is 5.56 Å². The first-order valence-corrected chi connectivity index (χ1v) is 7.75. The van der Waals surface area contributed by atoms with Crippen molar-refractivity contribution in [2.45, 2.75) is 38.3 Å². The number of nitrogens with one attached hydrogen (secondary N) is 1. The van der Waals surface area contributed by atoms with Crippen molar-refractivity contribution < 1.29 is 18.0 Å². The molecule has 0 fully saturated rings. The number of nitrogens with zero attached hydrogens (tertiary/aromatic N) is 2. The van der Waals surface area contributed by atoms with Crippen LogP contribution in [-0.2, 0) is 6.18 Å². The first-order chi connectivity index (χ1) is 10.9. The van der Waals surface area contributed by atoms with E-state index in [0.29, 0.717) is 12.7 Å². The molecule has 0 aliphatic heterocycles. The minimum absolute atomic E-state index is 0.0546. The molecule has 0 aromatic carbocycles. The number of rotatable bonds is 4. The SMILES string of the molecule is O=C(Nc1ccc(C(F)(F)F)cn1)N(S)CCC1=CCCCC1. The molecule has 1 aromatic rings. The van der Waals surface area contributed by atoms with E-state index in [-0.39, 0.29) is 5.82 Å². The van der Waals surface area contributed by atoms with E-state index >= 15 is 0 Å². The Bertz CT molecular complexity index is 572. The van der Waals surface area contributed by atoms with Gasteiger partial charge in [-0.3, -0.25) is 9.62 Å². The molecule has 0 bridgehead atoms. The van der Waals surface area contributed by atoms with Crippen LogP contribution >= 0.6 is 12.8 Å². The van der Waals surface area contributed by atoms with E-state index in [0.717, 1.165) is 31.4 Å². The van der Waals surface area contributed by atoms with Crippen molar-refractivity contribution in [2.24, 2.45) is 0 Å². The predicted octanol–water partition coefficient (Wildman–Crippen LogP) is 4.67. The number of allylic oxidation sites excluding steroid dienone is 1. The van der Waals surface area contributed by atoms with Gasteiger partial charge in [0.1, 0.15) is 5.82 Å². The lowest BCUT2D eigenvalue weighted by Crippen LogP contribution is -2.28. The zero-order chi connectivity index (χ0) is 16.9. The Morgan fingerprint density at radius 2 is 2.13 bits per heavy atom. The van der Waals surface area contributed by atoms with Gasteiger partial charge in [0, 0.05) is 12.7 Å². The molecule has 1 aliphatic carbocycles. The highest BCUT2D eigenvalue weighted by molar-refractivity contribution is 7.78. The molecule has 1 N–H and O–H groups in total. The number of urea groups is 1. The van der Waals surface area contributed by atoms with Gasteiger partial charge in [-0.1, -0.05) is 24.5 Å². The van der Waals surface area contributed by atoms with Gasteiger partial charge in [-0.2, -0.15) is 13.2 Å². The summed E-state index contributed by atoms with van der Waals surface area (Å²) in [5, 5.41) is 2.42. The third kappa shape index (κ3) is 5.46. The Balaban J connectivity index is 1.84. The Labute approximate surface area is 138 Å². The third-order valence-corrected chi connectivity index (χ3v) is 3.97. The maximum absolute atomic E-state index is 12.4. The molecule has 23 heavy (non-hydrogen) atoms. The number of carbonyl (C=O) groups is 1. The van der Waals surface area contributed by atoms with E-state index in [4.69, 9.17) is 0 Å². The number of aromatic nitrogens is 1. The third-order valence-electron chi connectivity index (χ3n) is 3.59. The molecule has 0 saturated heterocycles. The van der Waals surface area contributed by atoms with Crippen molar-refractivity contribution in [2.75, 3.05) is 11.9 Å². The fourth-order valence-electron chi connectivity index (χ4n) is 2.29. The Morgan fingerprint density at radius 1 is 1.35 bits per heavy atom. The molecule has 1 aromatic heterocycles. The van der Waals surface area contributed by atoms with Gasteiger partial charge in [0.25, 0.3) is 0 Å². The number of thiol groups is 1. The zero-order valence-corrected chi connectivity index (χ0v) is 13.3. The maximum atomic E-state index is 12.4. The van der Waals surface area contributed by atoms with Crippen LogP contribution in [0.5, 0.6) is 0 Å². The fraction of sp³-hybridized carbons (Fsp3) is 0.467. The zero-order valence-electron chi connectivity index (χ0n) is 12.4. The van der Waals surface area contributed by atoms with Crippen molar-refractivity contribution in [1.29, 1.82) is 0 Å². The standard InChI is InChI=1S/C15H18F3N3OS/c16-15(17,18)12-6-7-13(19-10-12)20-14(22)21(23)9-8-11-4-2-1-3-5-11/h4,6-7,10,23H,1-3,5,8-9H2,(H,19,20,22). The summed E-state index contributed by atoms with van der Waals surface area (Å²) < 4.78 is 38.5. The average molecular weight is 345 g/mol. The lowest BCUT2D eigenvalue weighted by Gasteiger charge is -2.18. The highest BCUT2D eigenvalue weighted by Crippen LogP contribution is 2.29. The normalized spacial score (nSPS) is 15.0. The first kappa shape index (κ1) is 17.7. The highest BCUT2D eigenvalue weighted by atomic mass is 32.1. The van der Waals surface area contributed by atoms with Crippen LogP contribution in [0.2, 0.25) is 0 Å². The molecule has 0 unspecified atom stereocenters. The molecule has 2 amide bonds. The van der Waals surface area contributed by atoms with Crippen LogP contribution in [0.1, 0.15) is 37.7 Å². The van der Waals surface area contributed by atoms with Crippen LogP contribution in [-0.4, -0.2) is 21.9 Å². The van der Waals surface area contributed by atoms with Gasteiger partial charge >= 0.3 is 12.2 Å². The molecule has 4 nitrogen and oxygen atoms in total. The van der Waals surface area contributed by atoms with Crippen molar-refractivity contribution in [1.82, 2.24) is 9.29 Å². The largest absolute Gasteiger partial charge is 0.417 e. The summed E-state index contributed by atoms with van der Waals surface area (Å²) >= 11 is 4.11. The predicted molar refractivity (Wildman–Crippen MR) is 85.1 cm³/mol. The van der Waals surface area contributed by atoms with Crippen molar-refractivity contribution in [3.63, 3.8) is 0 Å². The molecule has 0 radical (unpaired) electrons. The Hall–Kier alpha value is -1.70. The van der Waals surface area contributed by atoms with E-state index in [1.807, 2.05) is 0 Å². The summed E-state index contributed by atoms with van der Waals surface area (Å²) in [6.07, 6.45) is 3.67. The van der Waals surface area contributed by atoms with Crippen LogP contribution in [0.25, 0.3) is 0 Å².